The van der Waals surface area contributed by atoms with Crippen LogP contribution in [0.1, 0.15) is 11.1 Å². The van der Waals surface area contributed by atoms with Gasteiger partial charge in [-0.1, -0.05) is 121 Å². The minimum absolute atomic E-state index is 0.808. The van der Waals surface area contributed by atoms with E-state index in [1.54, 1.807) is 0 Å². The van der Waals surface area contributed by atoms with Gasteiger partial charge in [0.25, 0.3) is 0 Å². The third-order valence-corrected chi connectivity index (χ3v) is 10.6. The fourth-order valence-electron chi connectivity index (χ4n) is 8.53. The Balaban J connectivity index is 1.32. The van der Waals surface area contributed by atoms with Crippen molar-refractivity contribution in [3.63, 3.8) is 0 Å². The van der Waals surface area contributed by atoms with Crippen molar-refractivity contribution in [2.75, 3.05) is 0 Å². The van der Waals surface area contributed by atoms with Crippen molar-refractivity contribution in [3.8, 4) is 0 Å². The summed E-state index contributed by atoms with van der Waals surface area (Å²) < 4.78 is 11.7. The van der Waals surface area contributed by atoms with E-state index in [2.05, 4.69) is 167 Å². The van der Waals surface area contributed by atoms with Gasteiger partial charge in [0.2, 0.25) is 0 Å². The monoisotopic (exact) mass is 626 g/mol. The second kappa shape index (κ2) is 10.1. The van der Waals surface area contributed by atoms with E-state index in [4.69, 9.17) is 4.42 Å². The minimum atomic E-state index is 0.808. The summed E-state index contributed by atoms with van der Waals surface area (Å²) in [5.41, 5.74) is 9.40. The second-order valence-electron chi connectivity index (χ2n) is 13.3. The summed E-state index contributed by atoms with van der Waals surface area (Å²) in [7, 11) is 0. The Bertz CT molecular complexity index is 2880. The number of furan rings is 1. The van der Waals surface area contributed by atoms with Crippen molar-refractivity contribution < 1.29 is 4.42 Å². The average molecular weight is 627 g/mol. The Hall–Kier alpha value is -6.32. The predicted molar refractivity (Wildman–Crippen MR) is 206 cm³/mol. The van der Waals surface area contributed by atoms with Crippen LogP contribution in [-0.4, -0.2) is 9.13 Å². The zero-order chi connectivity index (χ0) is 32.1. The molecule has 11 aromatic rings. The number of benzene rings is 8. The maximum atomic E-state index is 6.78. The molecule has 0 aliphatic carbocycles. The number of hydrogen-bond acceptors (Lipinski definition) is 1. The van der Waals surface area contributed by atoms with Gasteiger partial charge < -0.3 is 13.6 Å². The number of nitrogens with zero attached hydrogens (tertiary/aromatic N) is 2. The molecule has 11 rings (SSSR count). The Morgan fingerprint density at radius 2 is 0.735 bits per heavy atom. The lowest BCUT2D eigenvalue weighted by Crippen LogP contribution is -1.99. The van der Waals surface area contributed by atoms with E-state index in [1.807, 2.05) is 0 Å². The molecule has 0 aliphatic heterocycles. The van der Waals surface area contributed by atoms with E-state index >= 15 is 0 Å². The van der Waals surface area contributed by atoms with Crippen molar-refractivity contribution in [3.05, 3.63) is 169 Å². The molecular formula is C46H30N2O. The van der Waals surface area contributed by atoms with Crippen LogP contribution in [0, 0.1) is 0 Å². The lowest BCUT2D eigenvalue weighted by molar-refractivity contribution is 0.669. The fourth-order valence-corrected chi connectivity index (χ4v) is 8.53. The van der Waals surface area contributed by atoms with Gasteiger partial charge in [0.15, 0.2) is 0 Å². The summed E-state index contributed by atoms with van der Waals surface area (Å²) in [6, 6.07) is 57.3. The van der Waals surface area contributed by atoms with E-state index in [0.29, 0.717) is 0 Å². The molecule has 0 radical (unpaired) electrons. The summed E-state index contributed by atoms with van der Waals surface area (Å²) in [5.74, 6) is 0. The van der Waals surface area contributed by atoms with E-state index in [-0.39, 0.29) is 0 Å². The molecule has 0 amide bonds. The van der Waals surface area contributed by atoms with Crippen LogP contribution in [-0.2, 0) is 13.1 Å². The molecule has 0 saturated heterocycles. The van der Waals surface area contributed by atoms with E-state index in [9.17, 15) is 0 Å². The normalized spacial score (nSPS) is 12.2. The molecular weight excluding hydrogens is 597 g/mol. The molecule has 8 aromatic carbocycles. The predicted octanol–water partition coefficient (Wildman–Crippen LogP) is 12.2. The third kappa shape index (κ3) is 3.78. The fraction of sp³-hybridized carbons (Fsp3) is 0.0435. The van der Waals surface area contributed by atoms with Gasteiger partial charge in [-0.2, -0.15) is 0 Å². The Morgan fingerprint density at radius 1 is 0.327 bits per heavy atom. The topological polar surface area (TPSA) is 23.0 Å². The van der Waals surface area contributed by atoms with Gasteiger partial charge in [0.1, 0.15) is 11.2 Å². The Kier molecular flexibility index (Phi) is 5.50. The molecule has 0 fully saturated rings. The SMILES string of the molecule is c1ccc(Cn2c3ccccc3c3c4c(ccc5oc6ccc7ccc8c(c9ccccc9n8Cc8ccccc8)c7c6c54)ccc32)cc1. The van der Waals surface area contributed by atoms with E-state index in [1.165, 1.54) is 87.1 Å². The van der Waals surface area contributed by atoms with Gasteiger partial charge in [-0.05, 0) is 58.3 Å². The summed E-state index contributed by atoms with van der Waals surface area (Å²) in [6.07, 6.45) is 0. The molecule has 230 valence electrons. The van der Waals surface area contributed by atoms with Gasteiger partial charge in [0.05, 0.1) is 11.0 Å². The molecule has 3 aromatic heterocycles. The molecule has 0 saturated carbocycles. The number of rotatable bonds is 4. The van der Waals surface area contributed by atoms with Gasteiger partial charge in [0, 0.05) is 67.2 Å². The van der Waals surface area contributed by atoms with Crippen LogP contribution in [0.5, 0.6) is 0 Å². The van der Waals surface area contributed by atoms with Crippen molar-refractivity contribution in [2.24, 2.45) is 0 Å². The van der Waals surface area contributed by atoms with Crippen LogP contribution in [0.25, 0.3) is 87.1 Å². The van der Waals surface area contributed by atoms with E-state index < -0.39 is 0 Å². The van der Waals surface area contributed by atoms with Gasteiger partial charge in [-0.15, -0.1) is 0 Å². The first-order valence-corrected chi connectivity index (χ1v) is 17.0. The molecule has 0 aliphatic rings. The molecule has 3 heterocycles. The highest BCUT2D eigenvalue weighted by molar-refractivity contribution is 6.38. The van der Waals surface area contributed by atoms with E-state index in [0.717, 1.165) is 24.3 Å². The maximum absolute atomic E-state index is 6.78. The van der Waals surface area contributed by atoms with Gasteiger partial charge >= 0.3 is 0 Å². The number of para-hydroxylation sites is 2. The average Bonchev–Trinajstić information content (AvgIpc) is 3.81. The Morgan fingerprint density at radius 3 is 1.20 bits per heavy atom. The molecule has 0 N–H and O–H groups in total. The highest BCUT2D eigenvalue weighted by Gasteiger charge is 2.22. The lowest BCUT2D eigenvalue weighted by Gasteiger charge is -2.10. The summed E-state index contributed by atoms with van der Waals surface area (Å²) in [5, 5.41) is 12.5. The van der Waals surface area contributed by atoms with Crippen LogP contribution < -0.4 is 0 Å². The van der Waals surface area contributed by atoms with Crippen molar-refractivity contribution >= 4 is 87.1 Å². The largest absolute Gasteiger partial charge is 0.456 e. The number of hydrogen-bond donors (Lipinski definition) is 0. The molecule has 49 heavy (non-hydrogen) atoms. The van der Waals surface area contributed by atoms with Gasteiger partial charge in [-0.3, -0.25) is 0 Å². The van der Waals surface area contributed by atoms with Crippen molar-refractivity contribution in [2.45, 2.75) is 13.1 Å². The van der Waals surface area contributed by atoms with Crippen molar-refractivity contribution in [1.82, 2.24) is 9.13 Å². The lowest BCUT2D eigenvalue weighted by atomic mass is 9.94. The summed E-state index contributed by atoms with van der Waals surface area (Å²) in [4.78, 5) is 0. The third-order valence-electron chi connectivity index (χ3n) is 10.6. The molecule has 0 unspecified atom stereocenters. The summed E-state index contributed by atoms with van der Waals surface area (Å²) in [6.45, 7) is 1.62. The highest BCUT2D eigenvalue weighted by atomic mass is 16.3. The first kappa shape index (κ1) is 26.7. The quantitative estimate of drug-likeness (QED) is 0.191. The van der Waals surface area contributed by atoms with Crippen LogP contribution in [0.15, 0.2) is 162 Å². The summed E-state index contributed by atoms with van der Waals surface area (Å²) >= 11 is 0. The minimum Gasteiger partial charge on any atom is -0.456 e. The standard InChI is InChI=1S/C46H30N2O/c1-3-11-29(12-4-1)27-47-35-17-9-7-15-33(35)43-37(47)23-19-31-21-25-39-45(41(31)43)46-40(49-39)26-22-32-20-24-38-44(42(32)46)34-16-8-10-18-36(34)48(38)28-30-13-5-2-6-14-30/h1-26H,27-28H2. The van der Waals surface area contributed by atoms with Crippen LogP contribution >= 0.6 is 0 Å². The second-order valence-corrected chi connectivity index (χ2v) is 13.3. The zero-order valence-corrected chi connectivity index (χ0v) is 26.7. The molecule has 0 bridgehead atoms. The first-order valence-electron chi connectivity index (χ1n) is 17.0. The van der Waals surface area contributed by atoms with Gasteiger partial charge in [-0.25, -0.2) is 0 Å². The molecule has 0 atom stereocenters. The highest BCUT2D eigenvalue weighted by Crippen LogP contribution is 2.46. The number of fused-ring (bicyclic) bond motifs is 15. The smallest absolute Gasteiger partial charge is 0.136 e. The van der Waals surface area contributed by atoms with Crippen LogP contribution in [0.4, 0.5) is 0 Å². The van der Waals surface area contributed by atoms with Crippen molar-refractivity contribution in [1.29, 1.82) is 0 Å². The molecule has 3 nitrogen and oxygen atoms in total. The Labute approximate surface area is 281 Å². The zero-order valence-electron chi connectivity index (χ0n) is 26.7. The molecule has 0 spiro atoms. The van der Waals surface area contributed by atoms with Crippen LogP contribution in [0.2, 0.25) is 0 Å². The van der Waals surface area contributed by atoms with Crippen LogP contribution in [0.3, 0.4) is 0 Å². The molecule has 3 heteroatoms. The number of aromatic nitrogens is 2. The first-order chi connectivity index (χ1) is 24.3. The maximum Gasteiger partial charge on any atom is 0.136 e.